The molecule has 0 spiro atoms. The zero-order chi connectivity index (χ0) is 21.5. The maximum atomic E-state index is 13.2. The average molecular weight is 498 g/mol. The van der Waals surface area contributed by atoms with Gasteiger partial charge >= 0.3 is 6.18 Å². The maximum absolute atomic E-state index is 13.2. The van der Waals surface area contributed by atoms with Crippen molar-refractivity contribution in [2.45, 2.75) is 25.1 Å². The van der Waals surface area contributed by atoms with E-state index in [-0.39, 0.29) is 28.7 Å². The van der Waals surface area contributed by atoms with Crippen LogP contribution in [0.5, 0.6) is 5.75 Å². The summed E-state index contributed by atoms with van der Waals surface area (Å²) in [5.74, 6) is -0.598. The number of alkyl halides is 3. The molecule has 3 N–H and O–H groups in total. The molecule has 1 atom stereocenters. The van der Waals surface area contributed by atoms with Gasteiger partial charge in [0, 0.05) is 33.0 Å². The number of nitrogens with two attached hydrogens (primary N) is 1. The first-order chi connectivity index (χ1) is 14.2. The normalized spacial score (nSPS) is 16.1. The number of H-pyrrole nitrogens is 1. The molecule has 0 fully saturated rings. The van der Waals surface area contributed by atoms with Crippen LogP contribution in [0.2, 0.25) is 0 Å². The molecule has 3 aromatic rings. The van der Waals surface area contributed by atoms with Gasteiger partial charge in [0.05, 0.1) is 17.6 Å². The molecule has 0 radical (unpaired) electrons. The second kappa shape index (κ2) is 7.92. The highest BCUT2D eigenvalue weighted by atomic mass is 79.9. The van der Waals surface area contributed by atoms with Crippen LogP contribution >= 0.6 is 27.3 Å². The smallest absolute Gasteiger partial charge is 0.416 e. The number of fused-ring (bicyclic) bond motifs is 1. The van der Waals surface area contributed by atoms with Crippen molar-refractivity contribution in [3.05, 3.63) is 73.4 Å². The number of benzene rings is 1. The highest BCUT2D eigenvalue weighted by Crippen LogP contribution is 2.43. The van der Waals surface area contributed by atoms with Crippen LogP contribution in [-0.4, -0.2) is 15.9 Å². The number of halogens is 4. The molecule has 0 saturated carbocycles. The summed E-state index contributed by atoms with van der Waals surface area (Å²) in [6, 6.07) is 6.84. The molecule has 2 aromatic heterocycles. The van der Waals surface area contributed by atoms with Gasteiger partial charge in [0.2, 0.25) is 0 Å². The third kappa shape index (κ3) is 4.01. The molecule has 0 bridgehead atoms. The van der Waals surface area contributed by atoms with Gasteiger partial charge in [-0.25, -0.2) is 4.98 Å². The summed E-state index contributed by atoms with van der Waals surface area (Å²) in [6.45, 7) is -0.335. The number of carbonyl (C=O) groups is 1. The number of allylic oxidation sites excluding steroid dienone is 1. The molecule has 1 unspecified atom stereocenters. The summed E-state index contributed by atoms with van der Waals surface area (Å²) >= 11 is 4.73. The number of hydrogen-bond donors (Lipinski definition) is 2. The molecule has 1 aliphatic rings. The number of nitrogens with one attached hydrogen (secondary N) is 1. The van der Waals surface area contributed by atoms with Crippen LogP contribution in [0.1, 0.15) is 43.0 Å². The molecule has 0 aliphatic heterocycles. The molecule has 2 heterocycles. The van der Waals surface area contributed by atoms with E-state index < -0.39 is 17.6 Å². The summed E-state index contributed by atoms with van der Waals surface area (Å²) in [7, 11) is 0. The van der Waals surface area contributed by atoms with Crippen LogP contribution in [0.4, 0.5) is 13.2 Å². The van der Waals surface area contributed by atoms with Crippen LogP contribution in [0.25, 0.3) is 6.08 Å². The number of imidazole rings is 1. The Hall–Kier alpha value is -2.59. The first-order valence-corrected chi connectivity index (χ1v) is 10.5. The van der Waals surface area contributed by atoms with Gasteiger partial charge in [-0.2, -0.15) is 13.2 Å². The fourth-order valence-electron chi connectivity index (χ4n) is 3.31. The lowest BCUT2D eigenvalue weighted by atomic mass is 9.95. The Balaban J connectivity index is 1.61. The van der Waals surface area contributed by atoms with E-state index in [0.29, 0.717) is 6.42 Å². The fourth-order valence-corrected chi connectivity index (χ4v) is 5.16. The van der Waals surface area contributed by atoms with E-state index in [1.807, 2.05) is 6.08 Å². The second-order valence-corrected chi connectivity index (χ2v) is 8.70. The highest BCUT2D eigenvalue weighted by Gasteiger charge is 2.33. The number of thiophene rings is 1. The summed E-state index contributed by atoms with van der Waals surface area (Å²) < 4.78 is 46.2. The summed E-state index contributed by atoms with van der Waals surface area (Å²) in [5, 5.41) is 0. The van der Waals surface area contributed by atoms with Crippen LogP contribution in [-0.2, 0) is 19.2 Å². The molecule has 1 aromatic carbocycles. The van der Waals surface area contributed by atoms with Gasteiger partial charge in [0.25, 0.3) is 5.91 Å². The van der Waals surface area contributed by atoms with Gasteiger partial charge in [-0.3, -0.25) is 4.79 Å². The van der Waals surface area contributed by atoms with E-state index in [2.05, 4.69) is 25.9 Å². The summed E-state index contributed by atoms with van der Waals surface area (Å²) in [6.07, 6.45) is -0.364. The number of nitrogens with zero attached hydrogens (tertiary/aromatic N) is 1. The van der Waals surface area contributed by atoms with Gasteiger partial charge < -0.3 is 15.5 Å². The van der Waals surface area contributed by atoms with Crippen molar-refractivity contribution in [2.24, 2.45) is 5.73 Å². The Kier molecular flexibility index (Phi) is 5.46. The van der Waals surface area contributed by atoms with Crippen LogP contribution < -0.4 is 10.5 Å². The quantitative estimate of drug-likeness (QED) is 0.505. The van der Waals surface area contributed by atoms with Crippen molar-refractivity contribution in [3.8, 4) is 5.75 Å². The predicted molar refractivity (Wildman–Crippen MR) is 111 cm³/mol. The van der Waals surface area contributed by atoms with Crippen molar-refractivity contribution >= 4 is 39.2 Å². The minimum Gasteiger partial charge on any atom is -0.487 e. The number of aromatic nitrogens is 2. The number of carbonyl (C=O) groups excluding carboxylic acids is 1. The average Bonchev–Trinajstić information content (AvgIpc) is 3.31. The first-order valence-electron chi connectivity index (χ1n) is 8.85. The zero-order valence-corrected chi connectivity index (χ0v) is 17.7. The molecule has 156 valence electrons. The Morgan fingerprint density at radius 3 is 2.87 bits per heavy atom. The van der Waals surface area contributed by atoms with E-state index in [0.717, 1.165) is 26.8 Å². The van der Waals surface area contributed by atoms with Crippen molar-refractivity contribution in [1.82, 2.24) is 9.97 Å². The predicted octanol–water partition coefficient (Wildman–Crippen LogP) is 5.24. The summed E-state index contributed by atoms with van der Waals surface area (Å²) in [5.41, 5.74) is 6.49. The topological polar surface area (TPSA) is 81.0 Å². The lowest BCUT2D eigenvalue weighted by molar-refractivity contribution is -0.138. The maximum Gasteiger partial charge on any atom is 0.416 e. The molecule has 5 nitrogen and oxygen atoms in total. The van der Waals surface area contributed by atoms with Crippen LogP contribution in [0.3, 0.4) is 0 Å². The van der Waals surface area contributed by atoms with Gasteiger partial charge in [0.15, 0.2) is 0 Å². The molecule has 30 heavy (non-hydrogen) atoms. The van der Waals surface area contributed by atoms with E-state index in [1.54, 1.807) is 12.4 Å². The molecule has 1 amide bonds. The molecular formula is C20H15BrF3N3O2S. The number of amides is 1. The number of ether oxygens (including phenoxy) is 1. The monoisotopic (exact) mass is 497 g/mol. The van der Waals surface area contributed by atoms with Gasteiger partial charge in [-0.05, 0) is 18.2 Å². The molecule has 4 rings (SSSR count). The largest absolute Gasteiger partial charge is 0.487 e. The third-order valence-corrected chi connectivity index (χ3v) is 6.78. The minimum atomic E-state index is -4.49. The standard InChI is InChI=1S/C20H15BrF3N3O2S/c21-13-6-15-14(26-9-27-15)5-11(13)17-7-16(18(30-17)19(25)28)29-8-10-3-1-2-4-12(10)20(22,23)24/h1-4,6-7,9,11H,5,8H2,(H2,25,28)(H,26,27). The van der Waals surface area contributed by atoms with Crippen molar-refractivity contribution < 1.29 is 22.7 Å². The van der Waals surface area contributed by atoms with Crippen molar-refractivity contribution in [2.75, 3.05) is 0 Å². The molecule has 10 heteroatoms. The van der Waals surface area contributed by atoms with Crippen LogP contribution in [0.15, 0.2) is 41.1 Å². The number of rotatable bonds is 5. The zero-order valence-electron chi connectivity index (χ0n) is 15.3. The van der Waals surface area contributed by atoms with E-state index in [1.165, 1.54) is 29.5 Å². The van der Waals surface area contributed by atoms with E-state index >= 15 is 0 Å². The lowest BCUT2D eigenvalue weighted by Crippen LogP contribution is -2.13. The van der Waals surface area contributed by atoms with Gasteiger partial charge in [-0.1, -0.05) is 34.1 Å². The fraction of sp³-hybridized carbons (Fsp3) is 0.200. The summed E-state index contributed by atoms with van der Waals surface area (Å²) in [4.78, 5) is 20.2. The first kappa shape index (κ1) is 20.7. The van der Waals surface area contributed by atoms with E-state index in [4.69, 9.17) is 10.5 Å². The third-order valence-electron chi connectivity index (χ3n) is 4.76. The Labute approximate surface area is 181 Å². The molecule has 1 aliphatic carbocycles. The second-order valence-electron chi connectivity index (χ2n) is 6.70. The molecular weight excluding hydrogens is 483 g/mol. The lowest BCUT2D eigenvalue weighted by Gasteiger charge is -2.18. The van der Waals surface area contributed by atoms with Gasteiger partial charge in [0.1, 0.15) is 17.2 Å². The Bertz CT molecular complexity index is 1140. The van der Waals surface area contributed by atoms with Gasteiger partial charge in [-0.15, -0.1) is 11.3 Å². The molecule has 0 saturated heterocycles. The number of primary amides is 1. The Morgan fingerprint density at radius 1 is 1.37 bits per heavy atom. The van der Waals surface area contributed by atoms with Crippen LogP contribution in [0, 0.1) is 0 Å². The number of hydrogen-bond acceptors (Lipinski definition) is 4. The highest BCUT2D eigenvalue weighted by molar-refractivity contribution is 9.11. The van der Waals surface area contributed by atoms with Crippen molar-refractivity contribution in [3.63, 3.8) is 0 Å². The minimum absolute atomic E-state index is 0.0194. The van der Waals surface area contributed by atoms with Crippen molar-refractivity contribution in [1.29, 1.82) is 0 Å². The van der Waals surface area contributed by atoms with E-state index in [9.17, 15) is 18.0 Å². The SMILES string of the molecule is NC(=O)c1sc(C2Cc3[nH]cnc3C=C2Br)cc1OCc1ccccc1C(F)(F)F. The number of aromatic amines is 1. The Morgan fingerprint density at radius 2 is 2.13 bits per heavy atom.